The third-order valence-corrected chi connectivity index (χ3v) is 2.60. The minimum Gasteiger partial charge on any atom is -0.292 e. The zero-order chi connectivity index (χ0) is 9.97. The summed E-state index contributed by atoms with van der Waals surface area (Å²) in [6.45, 7) is 0. The quantitative estimate of drug-likeness (QED) is 0.670. The molecule has 0 saturated carbocycles. The summed E-state index contributed by atoms with van der Waals surface area (Å²) in [4.78, 5) is 17.3. The number of hydrogen-bond donors (Lipinski definition) is 2. The highest BCUT2D eigenvalue weighted by Crippen LogP contribution is 2.16. The van der Waals surface area contributed by atoms with E-state index in [0.717, 1.165) is 5.16 Å². The predicted octanol–water partition coefficient (Wildman–Crippen LogP) is -0.481. The molecule has 0 aliphatic heterocycles. The minimum absolute atomic E-state index is 0.293. The molecule has 0 aliphatic rings. The van der Waals surface area contributed by atoms with E-state index in [4.69, 9.17) is 0 Å². The van der Waals surface area contributed by atoms with Crippen LogP contribution in [0.1, 0.15) is 5.82 Å². The van der Waals surface area contributed by atoms with Crippen molar-refractivity contribution >= 4 is 11.8 Å². The smallest absolute Gasteiger partial charge is 0.292 e. The normalized spacial score (nSPS) is 10.6. The van der Waals surface area contributed by atoms with Gasteiger partial charge in [0.25, 0.3) is 0 Å². The van der Waals surface area contributed by atoms with Crippen LogP contribution in [0, 0.1) is 0 Å². The maximum absolute atomic E-state index is 10.7. The van der Waals surface area contributed by atoms with Gasteiger partial charge in [-0.15, -0.1) is 0 Å². The highest BCUT2D eigenvalue weighted by Gasteiger charge is 2.03. The molecule has 0 unspecified atom stereocenters. The Bertz CT molecular complexity index is 470. The maximum atomic E-state index is 10.7. The van der Waals surface area contributed by atoms with Gasteiger partial charge in [-0.05, 0) is 0 Å². The van der Waals surface area contributed by atoms with E-state index in [9.17, 15) is 4.79 Å². The average Bonchev–Trinajstić information content (AvgIpc) is 2.72. The Morgan fingerprint density at radius 3 is 3.07 bits per heavy atom. The van der Waals surface area contributed by atoms with Crippen molar-refractivity contribution in [3.8, 4) is 0 Å². The summed E-state index contributed by atoms with van der Waals surface area (Å²) in [7, 11) is 1.81. The zero-order valence-electron chi connectivity index (χ0n) is 7.39. The summed E-state index contributed by atoms with van der Waals surface area (Å²) in [6, 6.07) is 0. The van der Waals surface area contributed by atoms with Crippen LogP contribution >= 0.6 is 11.8 Å². The number of aromatic nitrogens is 6. The molecule has 0 fully saturated rings. The lowest BCUT2D eigenvalue weighted by molar-refractivity contribution is 0.685. The van der Waals surface area contributed by atoms with E-state index in [2.05, 4.69) is 25.3 Å². The summed E-state index contributed by atoms with van der Waals surface area (Å²) in [5.74, 6) is 1.16. The van der Waals surface area contributed by atoms with Crippen molar-refractivity contribution in [1.82, 2.24) is 29.9 Å². The van der Waals surface area contributed by atoms with Crippen LogP contribution in [0.25, 0.3) is 0 Å². The van der Waals surface area contributed by atoms with Crippen molar-refractivity contribution < 1.29 is 0 Å². The highest BCUT2D eigenvalue weighted by molar-refractivity contribution is 7.98. The molecule has 0 aliphatic carbocycles. The molecule has 0 amide bonds. The van der Waals surface area contributed by atoms with Crippen molar-refractivity contribution in [1.29, 1.82) is 0 Å². The summed E-state index contributed by atoms with van der Waals surface area (Å²) in [6.07, 6.45) is 1.48. The first-order valence-corrected chi connectivity index (χ1v) is 4.84. The number of H-pyrrole nitrogens is 2. The summed E-state index contributed by atoms with van der Waals surface area (Å²) in [5, 5.41) is 10.8. The van der Waals surface area contributed by atoms with Crippen LogP contribution in [0.3, 0.4) is 0 Å². The molecule has 2 heterocycles. The van der Waals surface area contributed by atoms with Crippen molar-refractivity contribution in [2.75, 3.05) is 0 Å². The highest BCUT2D eigenvalue weighted by atomic mass is 32.2. The Labute approximate surface area is 82.9 Å². The summed E-state index contributed by atoms with van der Waals surface area (Å²) < 4.78 is 1.66. The number of hydrogen-bond acceptors (Lipinski definition) is 5. The molecule has 0 aromatic carbocycles. The lowest BCUT2D eigenvalue weighted by Gasteiger charge is -1.96. The second kappa shape index (κ2) is 3.66. The summed E-state index contributed by atoms with van der Waals surface area (Å²) in [5.41, 5.74) is -0.293. The van der Waals surface area contributed by atoms with Crippen LogP contribution < -0.4 is 5.69 Å². The molecule has 8 heteroatoms. The fraction of sp³-hybridized carbons (Fsp3) is 0.333. The van der Waals surface area contributed by atoms with Gasteiger partial charge in [0, 0.05) is 7.05 Å². The molecule has 2 rings (SSSR count). The van der Waals surface area contributed by atoms with Crippen molar-refractivity contribution in [2.24, 2.45) is 7.05 Å². The van der Waals surface area contributed by atoms with Gasteiger partial charge < -0.3 is 0 Å². The molecule has 0 saturated heterocycles. The van der Waals surface area contributed by atoms with E-state index in [1.807, 2.05) is 7.05 Å². The number of rotatable bonds is 3. The van der Waals surface area contributed by atoms with Gasteiger partial charge in [0.1, 0.15) is 12.2 Å². The van der Waals surface area contributed by atoms with Crippen LogP contribution in [-0.4, -0.2) is 29.9 Å². The molecule has 14 heavy (non-hydrogen) atoms. The van der Waals surface area contributed by atoms with Crippen molar-refractivity contribution in [2.45, 2.75) is 10.9 Å². The van der Waals surface area contributed by atoms with E-state index >= 15 is 0 Å². The molecule has 2 aromatic heterocycles. The van der Waals surface area contributed by atoms with Gasteiger partial charge in [0.2, 0.25) is 0 Å². The largest absolute Gasteiger partial charge is 0.340 e. The van der Waals surface area contributed by atoms with Gasteiger partial charge >= 0.3 is 5.69 Å². The van der Waals surface area contributed by atoms with Gasteiger partial charge in [0.15, 0.2) is 5.16 Å². The first-order valence-electron chi connectivity index (χ1n) is 3.86. The second-order valence-electron chi connectivity index (χ2n) is 2.58. The number of thioether (sulfide) groups is 1. The Morgan fingerprint density at radius 2 is 2.50 bits per heavy atom. The standard InChI is InChI=1S/C6H8N6OS/c1-12-6(7-3-8-12)14-2-4-9-5(13)11-10-4/h3H,2H2,1H3,(H2,9,10,11,13). The molecule has 0 bridgehead atoms. The molecule has 2 aromatic rings. The topological polar surface area (TPSA) is 92.2 Å². The van der Waals surface area contributed by atoms with E-state index in [1.54, 1.807) is 4.68 Å². The first kappa shape index (κ1) is 9.00. The minimum atomic E-state index is -0.293. The zero-order valence-corrected chi connectivity index (χ0v) is 8.21. The molecular formula is C6H8N6OS. The lowest BCUT2D eigenvalue weighted by atomic mass is 10.7. The first-order chi connectivity index (χ1) is 6.75. The summed E-state index contributed by atoms with van der Waals surface area (Å²) >= 11 is 1.46. The van der Waals surface area contributed by atoms with Crippen molar-refractivity contribution in [3.05, 3.63) is 22.6 Å². The van der Waals surface area contributed by atoms with Gasteiger partial charge in [-0.25, -0.2) is 19.6 Å². The molecule has 0 spiro atoms. The van der Waals surface area contributed by atoms with E-state index in [1.165, 1.54) is 18.1 Å². The van der Waals surface area contributed by atoms with E-state index < -0.39 is 0 Å². The third-order valence-electron chi connectivity index (χ3n) is 1.56. The predicted molar refractivity (Wildman–Crippen MR) is 49.8 cm³/mol. The molecule has 2 N–H and O–H groups in total. The Kier molecular flexibility index (Phi) is 2.35. The fourth-order valence-electron chi connectivity index (χ4n) is 0.923. The van der Waals surface area contributed by atoms with E-state index in [0.29, 0.717) is 11.6 Å². The molecular weight excluding hydrogens is 204 g/mol. The van der Waals surface area contributed by atoms with Crippen LogP contribution in [0.5, 0.6) is 0 Å². The Hall–Kier alpha value is -1.57. The number of aryl methyl sites for hydroxylation is 1. The van der Waals surface area contributed by atoms with Crippen LogP contribution in [0.2, 0.25) is 0 Å². The van der Waals surface area contributed by atoms with Crippen molar-refractivity contribution in [3.63, 3.8) is 0 Å². The van der Waals surface area contributed by atoms with Gasteiger partial charge in [0.05, 0.1) is 5.75 Å². The maximum Gasteiger partial charge on any atom is 0.340 e. The monoisotopic (exact) mass is 212 g/mol. The average molecular weight is 212 g/mol. The number of aromatic amines is 2. The molecule has 0 radical (unpaired) electrons. The van der Waals surface area contributed by atoms with E-state index in [-0.39, 0.29) is 5.69 Å². The SMILES string of the molecule is Cn1ncnc1SCc1n[nH]c(=O)[nH]1. The molecule has 7 nitrogen and oxygen atoms in total. The third kappa shape index (κ3) is 1.84. The second-order valence-corrected chi connectivity index (χ2v) is 3.52. The fourth-order valence-corrected chi connectivity index (χ4v) is 1.68. The lowest BCUT2D eigenvalue weighted by Crippen LogP contribution is -2.01. The van der Waals surface area contributed by atoms with Gasteiger partial charge in [-0.3, -0.25) is 4.98 Å². The van der Waals surface area contributed by atoms with Gasteiger partial charge in [-0.2, -0.15) is 10.2 Å². The van der Waals surface area contributed by atoms with Crippen LogP contribution in [0.4, 0.5) is 0 Å². The molecule has 0 atom stereocenters. The van der Waals surface area contributed by atoms with Gasteiger partial charge in [-0.1, -0.05) is 11.8 Å². The number of nitrogens with one attached hydrogen (secondary N) is 2. The molecule has 74 valence electrons. The Balaban J connectivity index is 2.01. The number of nitrogens with zero attached hydrogens (tertiary/aromatic N) is 4. The van der Waals surface area contributed by atoms with Crippen LogP contribution in [-0.2, 0) is 12.8 Å². The Morgan fingerprint density at radius 1 is 1.64 bits per heavy atom. The van der Waals surface area contributed by atoms with Crippen LogP contribution in [0.15, 0.2) is 16.3 Å².